The first kappa shape index (κ1) is 17.6. The molecule has 0 aliphatic heterocycles. The first-order chi connectivity index (χ1) is 10.9. The third kappa shape index (κ3) is 5.14. The van der Waals surface area contributed by atoms with Crippen molar-refractivity contribution >= 4 is 27.3 Å². The van der Waals surface area contributed by atoms with Gasteiger partial charge >= 0.3 is 5.97 Å². The second-order valence-electron chi connectivity index (χ2n) is 4.95. The molecule has 23 heavy (non-hydrogen) atoms. The zero-order valence-electron chi connectivity index (χ0n) is 12.6. The SMILES string of the molecule is Cc1ccc(S(=O)(=O)NCCNCc2cccc(C(=O)O)c2)s1. The van der Waals surface area contributed by atoms with Crippen LogP contribution in [0.25, 0.3) is 0 Å². The Kier molecular flexibility index (Phi) is 5.89. The number of nitrogens with one attached hydrogen (secondary N) is 2. The summed E-state index contributed by atoms with van der Waals surface area (Å²) >= 11 is 1.23. The second kappa shape index (κ2) is 7.69. The number of rotatable bonds is 8. The van der Waals surface area contributed by atoms with Gasteiger partial charge in [0.05, 0.1) is 5.56 Å². The molecule has 124 valence electrons. The van der Waals surface area contributed by atoms with E-state index in [0.717, 1.165) is 10.4 Å². The summed E-state index contributed by atoms with van der Waals surface area (Å²) in [6.45, 7) is 3.04. The van der Waals surface area contributed by atoms with E-state index in [4.69, 9.17) is 5.11 Å². The smallest absolute Gasteiger partial charge is 0.335 e. The first-order valence-electron chi connectivity index (χ1n) is 6.97. The Morgan fingerprint density at radius 1 is 1.22 bits per heavy atom. The van der Waals surface area contributed by atoms with Crippen LogP contribution in [0.15, 0.2) is 40.6 Å². The Hall–Kier alpha value is -1.74. The summed E-state index contributed by atoms with van der Waals surface area (Å²) in [4.78, 5) is 11.8. The maximum Gasteiger partial charge on any atom is 0.335 e. The number of thiophene rings is 1. The summed E-state index contributed by atoms with van der Waals surface area (Å²) in [6, 6.07) is 9.98. The van der Waals surface area contributed by atoms with Gasteiger partial charge in [-0.2, -0.15) is 0 Å². The van der Waals surface area contributed by atoms with Gasteiger partial charge in [0, 0.05) is 24.5 Å². The number of hydrogen-bond acceptors (Lipinski definition) is 5. The summed E-state index contributed by atoms with van der Waals surface area (Å²) in [5.41, 5.74) is 1.07. The van der Waals surface area contributed by atoms with E-state index in [0.29, 0.717) is 17.3 Å². The quantitative estimate of drug-likeness (QED) is 0.629. The summed E-state index contributed by atoms with van der Waals surface area (Å²) in [5, 5.41) is 12.0. The Morgan fingerprint density at radius 2 is 2.00 bits per heavy atom. The highest BCUT2D eigenvalue weighted by Gasteiger charge is 2.14. The van der Waals surface area contributed by atoms with Gasteiger partial charge in [-0.25, -0.2) is 17.9 Å². The van der Waals surface area contributed by atoms with Crippen molar-refractivity contribution in [3.63, 3.8) is 0 Å². The van der Waals surface area contributed by atoms with E-state index >= 15 is 0 Å². The molecule has 0 aliphatic rings. The number of hydrogen-bond donors (Lipinski definition) is 3. The number of benzene rings is 1. The highest BCUT2D eigenvalue weighted by atomic mass is 32.2. The molecule has 0 amide bonds. The van der Waals surface area contributed by atoms with Gasteiger partial charge < -0.3 is 10.4 Å². The van der Waals surface area contributed by atoms with E-state index in [-0.39, 0.29) is 12.1 Å². The number of sulfonamides is 1. The fourth-order valence-corrected chi connectivity index (χ4v) is 4.31. The van der Waals surface area contributed by atoms with Gasteiger partial charge in [0.15, 0.2) is 0 Å². The van der Waals surface area contributed by atoms with Crippen molar-refractivity contribution in [3.05, 3.63) is 52.4 Å². The molecule has 1 aromatic heterocycles. The molecule has 0 aliphatic carbocycles. The van der Waals surface area contributed by atoms with Crippen molar-refractivity contribution in [2.75, 3.05) is 13.1 Å². The molecule has 1 heterocycles. The lowest BCUT2D eigenvalue weighted by Gasteiger charge is -2.07. The van der Waals surface area contributed by atoms with Gasteiger partial charge in [0.1, 0.15) is 4.21 Å². The summed E-state index contributed by atoms with van der Waals surface area (Å²) in [6.07, 6.45) is 0. The molecule has 8 heteroatoms. The Balaban J connectivity index is 1.78. The molecule has 0 spiro atoms. The zero-order valence-corrected chi connectivity index (χ0v) is 14.2. The third-order valence-corrected chi connectivity index (χ3v) is 6.03. The van der Waals surface area contributed by atoms with Crippen molar-refractivity contribution in [1.29, 1.82) is 0 Å². The highest BCUT2D eigenvalue weighted by Crippen LogP contribution is 2.19. The minimum Gasteiger partial charge on any atom is -0.478 e. The van der Waals surface area contributed by atoms with Crippen molar-refractivity contribution in [2.45, 2.75) is 17.7 Å². The van der Waals surface area contributed by atoms with Crippen LogP contribution < -0.4 is 10.0 Å². The second-order valence-corrected chi connectivity index (χ2v) is 8.23. The number of carboxylic acid groups (broad SMARTS) is 1. The predicted octanol–water partition coefficient (Wildman–Crippen LogP) is 1.82. The van der Waals surface area contributed by atoms with Gasteiger partial charge in [0.2, 0.25) is 10.0 Å². The van der Waals surface area contributed by atoms with Crippen LogP contribution in [0.3, 0.4) is 0 Å². The van der Waals surface area contributed by atoms with Gasteiger partial charge in [-0.15, -0.1) is 11.3 Å². The van der Waals surface area contributed by atoms with Crippen molar-refractivity contribution < 1.29 is 18.3 Å². The Morgan fingerprint density at radius 3 is 2.65 bits per heavy atom. The lowest BCUT2D eigenvalue weighted by molar-refractivity contribution is 0.0696. The molecule has 0 saturated heterocycles. The maximum absolute atomic E-state index is 12.0. The largest absolute Gasteiger partial charge is 0.478 e. The Labute approximate surface area is 139 Å². The lowest BCUT2D eigenvalue weighted by Crippen LogP contribution is -2.31. The fraction of sp³-hybridized carbons (Fsp3) is 0.267. The number of carbonyl (C=O) groups is 1. The number of carboxylic acids is 1. The van der Waals surface area contributed by atoms with Crippen LogP contribution in [-0.2, 0) is 16.6 Å². The van der Waals surface area contributed by atoms with E-state index in [2.05, 4.69) is 10.0 Å². The van der Waals surface area contributed by atoms with E-state index in [1.807, 2.05) is 13.0 Å². The van der Waals surface area contributed by atoms with Crippen LogP contribution in [0.5, 0.6) is 0 Å². The molecule has 2 aromatic rings. The number of aryl methyl sites for hydroxylation is 1. The topological polar surface area (TPSA) is 95.5 Å². The van der Waals surface area contributed by atoms with E-state index in [9.17, 15) is 13.2 Å². The average Bonchev–Trinajstić information content (AvgIpc) is 2.94. The van der Waals surface area contributed by atoms with E-state index < -0.39 is 16.0 Å². The van der Waals surface area contributed by atoms with Crippen LogP contribution in [-0.4, -0.2) is 32.6 Å². The minimum atomic E-state index is -3.45. The van der Waals surface area contributed by atoms with Crippen LogP contribution in [0, 0.1) is 6.92 Å². The molecule has 0 unspecified atom stereocenters. The number of aromatic carboxylic acids is 1. The van der Waals surface area contributed by atoms with Crippen LogP contribution in [0.2, 0.25) is 0 Å². The molecular formula is C15H18N2O4S2. The minimum absolute atomic E-state index is 0.234. The monoisotopic (exact) mass is 354 g/mol. The first-order valence-corrected chi connectivity index (χ1v) is 9.27. The van der Waals surface area contributed by atoms with Crippen LogP contribution in [0.4, 0.5) is 0 Å². The highest BCUT2D eigenvalue weighted by molar-refractivity contribution is 7.91. The van der Waals surface area contributed by atoms with E-state index in [1.54, 1.807) is 24.3 Å². The lowest BCUT2D eigenvalue weighted by atomic mass is 10.1. The standard InChI is InChI=1S/C15H18N2O4S2/c1-11-5-6-14(22-11)23(20,21)17-8-7-16-10-12-3-2-4-13(9-12)15(18)19/h2-6,9,16-17H,7-8,10H2,1H3,(H,18,19). The zero-order chi connectivity index (χ0) is 16.9. The van der Waals surface area contributed by atoms with Crippen molar-refractivity contribution in [3.8, 4) is 0 Å². The molecule has 0 saturated carbocycles. The van der Waals surface area contributed by atoms with Gasteiger partial charge in [0.25, 0.3) is 0 Å². The van der Waals surface area contributed by atoms with Crippen LogP contribution >= 0.6 is 11.3 Å². The van der Waals surface area contributed by atoms with Crippen LogP contribution in [0.1, 0.15) is 20.8 Å². The predicted molar refractivity (Wildman–Crippen MR) is 89.4 cm³/mol. The van der Waals surface area contributed by atoms with Gasteiger partial charge in [-0.05, 0) is 36.8 Å². The summed E-state index contributed by atoms with van der Waals surface area (Å²) < 4.78 is 26.8. The third-order valence-electron chi connectivity index (χ3n) is 3.08. The van der Waals surface area contributed by atoms with Crippen molar-refractivity contribution in [2.24, 2.45) is 0 Å². The molecule has 1 aromatic carbocycles. The summed E-state index contributed by atoms with van der Waals surface area (Å²) in [5.74, 6) is -0.967. The Bertz CT molecular complexity index is 784. The molecule has 6 nitrogen and oxygen atoms in total. The molecule has 0 fully saturated rings. The average molecular weight is 354 g/mol. The molecule has 0 bridgehead atoms. The maximum atomic E-state index is 12.0. The van der Waals surface area contributed by atoms with Gasteiger partial charge in [-0.1, -0.05) is 12.1 Å². The molecular weight excluding hydrogens is 336 g/mol. The molecule has 3 N–H and O–H groups in total. The van der Waals surface area contributed by atoms with Crippen molar-refractivity contribution in [1.82, 2.24) is 10.0 Å². The van der Waals surface area contributed by atoms with Gasteiger partial charge in [-0.3, -0.25) is 0 Å². The van der Waals surface area contributed by atoms with E-state index in [1.165, 1.54) is 17.4 Å². The normalized spacial score (nSPS) is 11.5. The fourth-order valence-electron chi connectivity index (χ4n) is 1.95. The summed E-state index contributed by atoms with van der Waals surface area (Å²) in [7, 11) is -3.45. The molecule has 0 atom stereocenters. The molecule has 2 rings (SSSR count). The molecule has 0 radical (unpaired) electrons.